The highest BCUT2D eigenvalue weighted by Crippen LogP contribution is 2.26. The van der Waals surface area contributed by atoms with Crippen molar-refractivity contribution in [2.45, 2.75) is 70.8 Å². The van der Waals surface area contributed by atoms with Crippen molar-refractivity contribution in [3.05, 3.63) is 0 Å². The Morgan fingerprint density at radius 2 is 1.75 bits per heavy atom. The van der Waals surface area contributed by atoms with Gasteiger partial charge in [0.15, 0.2) is 0 Å². The summed E-state index contributed by atoms with van der Waals surface area (Å²) < 4.78 is 0. The Morgan fingerprint density at radius 1 is 1.00 bits per heavy atom. The molecule has 1 amide bonds. The summed E-state index contributed by atoms with van der Waals surface area (Å²) in [5.41, 5.74) is 0. The molecular weight excluding hydrogens is 198 g/mol. The smallest absolute Gasteiger partial charge is 0.223 e. The fourth-order valence-corrected chi connectivity index (χ4v) is 3.25. The minimum atomic E-state index is 0.325. The van der Waals surface area contributed by atoms with Crippen molar-refractivity contribution < 1.29 is 4.79 Å². The average molecular weight is 223 g/mol. The first-order valence-corrected chi connectivity index (χ1v) is 7.06. The Labute approximate surface area is 99.2 Å². The van der Waals surface area contributed by atoms with Crippen LogP contribution in [0.25, 0.3) is 0 Å². The molecule has 0 heterocycles. The van der Waals surface area contributed by atoms with Crippen LogP contribution in [0.2, 0.25) is 0 Å². The van der Waals surface area contributed by atoms with E-state index in [2.05, 4.69) is 12.2 Å². The Hall–Kier alpha value is -0.530. The molecule has 2 unspecified atom stereocenters. The Kier molecular flexibility index (Phi) is 4.25. The minimum Gasteiger partial charge on any atom is -0.353 e. The molecule has 0 aromatic rings. The van der Waals surface area contributed by atoms with Crippen LogP contribution in [0.3, 0.4) is 0 Å². The van der Waals surface area contributed by atoms with Gasteiger partial charge in [-0.2, -0.15) is 0 Å². The number of carbonyl (C=O) groups is 1. The van der Waals surface area contributed by atoms with Gasteiger partial charge in [0.2, 0.25) is 5.91 Å². The van der Waals surface area contributed by atoms with Crippen LogP contribution in [0.1, 0.15) is 64.7 Å². The normalized spacial score (nSPS) is 32.3. The van der Waals surface area contributed by atoms with E-state index in [0.717, 1.165) is 18.8 Å². The van der Waals surface area contributed by atoms with E-state index in [1.165, 1.54) is 44.9 Å². The summed E-state index contributed by atoms with van der Waals surface area (Å²) in [5, 5.41) is 3.28. The molecule has 2 nitrogen and oxygen atoms in total. The van der Waals surface area contributed by atoms with Crippen LogP contribution >= 0.6 is 0 Å². The lowest BCUT2D eigenvalue weighted by Gasteiger charge is -2.30. The van der Waals surface area contributed by atoms with E-state index in [1.54, 1.807) is 0 Å². The number of carbonyl (C=O) groups excluding carboxylic acids is 1. The summed E-state index contributed by atoms with van der Waals surface area (Å²) in [7, 11) is 0. The molecule has 0 aromatic carbocycles. The fourth-order valence-electron chi connectivity index (χ4n) is 3.25. The predicted molar refractivity (Wildman–Crippen MR) is 66.1 cm³/mol. The monoisotopic (exact) mass is 223 g/mol. The van der Waals surface area contributed by atoms with Crippen molar-refractivity contribution in [2.24, 2.45) is 11.8 Å². The maximum atomic E-state index is 12.1. The maximum Gasteiger partial charge on any atom is 0.223 e. The third-order valence-corrected chi connectivity index (χ3v) is 4.26. The zero-order valence-electron chi connectivity index (χ0n) is 10.5. The fraction of sp³-hybridized carbons (Fsp3) is 0.929. The highest BCUT2D eigenvalue weighted by Gasteiger charge is 2.25. The molecule has 0 aromatic heterocycles. The van der Waals surface area contributed by atoms with Crippen LogP contribution in [-0.2, 0) is 4.79 Å². The molecule has 2 aliphatic carbocycles. The van der Waals surface area contributed by atoms with Gasteiger partial charge in [-0.05, 0) is 31.6 Å². The van der Waals surface area contributed by atoms with Gasteiger partial charge in [-0.3, -0.25) is 4.79 Å². The van der Waals surface area contributed by atoms with Crippen molar-refractivity contribution in [1.29, 1.82) is 0 Å². The van der Waals surface area contributed by atoms with Gasteiger partial charge in [0.05, 0.1) is 0 Å². The number of amides is 1. The van der Waals surface area contributed by atoms with Gasteiger partial charge in [-0.15, -0.1) is 0 Å². The van der Waals surface area contributed by atoms with Gasteiger partial charge < -0.3 is 5.32 Å². The quantitative estimate of drug-likeness (QED) is 0.765. The van der Waals surface area contributed by atoms with E-state index in [-0.39, 0.29) is 0 Å². The van der Waals surface area contributed by atoms with E-state index < -0.39 is 0 Å². The van der Waals surface area contributed by atoms with E-state index in [0.29, 0.717) is 17.9 Å². The Balaban J connectivity index is 1.77. The lowest BCUT2D eigenvalue weighted by atomic mass is 9.85. The van der Waals surface area contributed by atoms with Crippen LogP contribution in [0, 0.1) is 11.8 Å². The highest BCUT2D eigenvalue weighted by molar-refractivity contribution is 5.79. The molecule has 0 spiro atoms. The van der Waals surface area contributed by atoms with Crippen molar-refractivity contribution in [3.63, 3.8) is 0 Å². The number of hydrogen-bond acceptors (Lipinski definition) is 1. The van der Waals surface area contributed by atoms with Gasteiger partial charge in [-0.1, -0.05) is 39.0 Å². The molecule has 2 rings (SSSR count). The summed E-state index contributed by atoms with van der Waals surface area (Å²) >= 11 is 0. The molecule has 2 atom stereocenters. The molecule has 2 saturated carbocycles. The van der Waals surface area contributed by atoms with Crippen LogP contribution in [0.15, 0.2) is 0 Å². The maximum absolute atomic E-state index is 12.1. The second-order valence-electron chi connectivity index (χ2n) is 5.81. The zero-order valence-corrected chi connectivity index (χ0v) is 10.5. The number of nitrogens with one attached hydrogen (secondary N) is 1. The average Bonchev–Trinajstić information content (AvgIpc) is 2.30. The molecule has 1 N–H and O–H groups in total. The molecule has 0 saturated heterocycles. The van der Waals surface area contributed by atoms with E-state index in [1.807, 2.05) is 0 Å². The SMILES string of the molecule is CC1CCCC(NC(=O)C2CCCCC2)C1. The van der Waals surface area contributed by atoms with E-state index in [9.17, 15) is 4.79 Å². The molecular formula is C14H25NO. The second kappa shape index (κ2) is 5.70. The lowest BCUT2D eigenvalue weighted by Crippen LogP contribution is -2.41. The standard InChI is InChI=1S/C14H25NO/c1-11-6-5-9-13(10-11)15-14(16)12-7-3-2-4-8-12/h11-13H,2-10H2,1H3,(H,15,16). The molecule has 2 aliphatic rings. The zero-order chi connectivity index (χ0) is 11.4. The van der Waals surface area contributed by atoms with Crippen molar-refractivity contribution in [2.75, 3.05) is 0 Å². The largest absolute Gasteiger partial charge is 0.353 e. The van der Waals surface area contributed by atoms with Crippen molar-refractivity contribution in [1.82, 2.24) is 5.32 Å². The molecule has 2 fully saturated rings. The van der Waals surface area contributed by atoms with Crippen LogP contribution < -0.4 is 5.32 Å². The first-order valence-electron chi connectivity index (χ1n) is 7.06. The van der Waals surface area contributed by atoms with Crippen LogP contribution in [0.5, 0.6) is 0 Å². The van der Waals surface area contributed by atoms with Crippen molar-refractivity contribution in [3.8, 4) is 0 Å². The minimum absolute atomic E-state index is 0.325. The molecule has 0 aliphatic heterocycles. The molecule has 92 valence electrons. The first-order chi connectivity index (χ1) is 7.75. The van der Waals surface area contributed by atoms with Crippen LogP contribution in [0.4, 0.5) is 0 Å². The Bertz CT molecular complexity index is 233. The number of rotatable bonds is 2. The molecule has 0 radical (unpaired) electrons. The summed E-state index contributed by atoms with van der Waals surface area (Å²) in [5.74, 6) is 1.47. The summed E-state index contributed by atoms with van der Waals surface area (Å²) in [6.07, 6.45) is 11.1. The van der Waals surface area contributed by atoms with Crippen LogP contribution in [-0.4, -0.2) is 11.9 Å². The first kappa shape index (κ1) is 11.9. The van der Waals surface area contributed by atoms with Gasteiger partial charge in [0.25, 0.3) is 0 Å². The predicted octanol–water partition coefficient (Wildman–Crippen LogP) is 3.26. The molecule has 0 bridgehead atoms. The molecule has 16 heavy (non-hydrogen) atoms. The third kappa shape index (κ3) is 3.23. The van der Waals surface area contributed by atoms with Gasteiger partial charge in [-0.25, -0.2) is 0 Å². The van der Waals surface area contributed by atoms with Crippen molar-refractivity contribution >= 4 is 5.91 Å². The van der Waals surface area contributed by atoms with Gasteiger partial charge in [0.1, 0.15) is 0 Å². The third-order valence-electron chi connectivity index (χ3n) is 4.26. The second-order valence-corrected chi connectivity index (χ2v) is 5.81. The summed E-state index contributed by atoms with van der Waals surface area (Å²) in [4.78, 5) is 12.1. The summed E-state index contributed by atoms with van der Waals surface area (Å²) in [6, 6.07) is 0.471. The highest BCUT2D eigenvalue weighted by atomic mass is 16.1. The topological polar surface area (TPSA) is 29.1 Å². The van der Waals surface area contributed by atoms with Gasteiger partial charge >= 0.3 is 0 Å². The number of hydrogen-bond donors (Lipinski definition) is 1. The van der Waals surface area contributed by atoms with E-state index >= 15 is 0 Å². The van der Waals surface area contributed by atoms with Gasteiger partial charge in [0, 0.05) is 12.0 Å². The Morgan fingerprint density at radius 3 is 2.44 bits per heavy atom. The van der Waals surface area contributed by atoms with E-state index in [4.69, 9.17) is 0 Å². The summed E-state index contributed by atoms with van der Waals surface area (Å²) in [6.45, 7) is 2.30. The molecule has 2 heteroatoms. The lowest BCUT2D eigenvalue weighted by molar-refractivity contribution is -0.126.